The van der Waals surface area contributed by atoms with Crippen LogP contribution in [0.2, 0.25) is 6.82 Å². The second kappa shape index (κ2) is 18.6. The molecule has 1 atom stereocenters. The maximum absolute atomic E-state index is 4.90. The zero-order chi connectivity index (χ0) is 40.9. The van der Waals surface area contributed by atoms with Crippen molar-refractivity contribution in [1.29, 1.82) is 0 Å². The van der Waals surface area contributed by atoms with Gasteiger partial charge in [0, 0.05) is 44.3 Å². The van der Waals surface area contributed by atoms with Gasteiger partial charge >= 0.3 is 0 Å². The summed E-state index contributed by atoms with van der Waals surface area (Å²) >= 11 is 0. The van der Waals surface area contributed by atoms with Crippen LogP contribution in [0.3, 0.4) is 0 Å². The molecule has 0 fully saturated rings. The molecular weight excluding hydrogens is 746 g/mol. The summed E-state index contributed by atoms with van der Waals surface area (Å²) < 4.78 is 0. The minimum absolute atomic E-state index is 0. The van der Waals surface area contributed by atoms with Crippen LogP contribution in [0.15, 0.2) is 170 Å². The van der Waals surface area contributed by atoms with E-state index in [1.807, 2.05) is 38.1 Å². The summed E-state index contributed by atoms with van der Waals surface area (Å²) in [5.74, 6) is 0. The van der Waals surface area contributed by atoms with Gasteiger partial charge in [0.15, 0.2) is 0 Å². The average molecular weight is 796 g/mol. The second-order valence-corrected chi connectivity index (χ2v) is 15.4. The SMILES string of the molecule is C.C[B]P.Cc1cc(-c2ccccc2)c2ccc3c(-c4ccccc4)cc(C)nc3c2n1.Cc1cc(-c2ccccc2)c2ccc3c(-c4ccccc4)cc(C)nc3c2n1. The zero-order valence-electron chi connectivity index (χ0n) is 34.1. The van der Waals surface area contributed by atoms with Gasteiger partial charge < -0.3 is 0 Å². The van der Waals surface area contributed by atoms with Crippen LogP contribution in [-0.2, 0) is 0 Å². The van der Waals surface area contributed by atoms with Crippen LogP contribution in [0.4, 0.5) is 0 Å². The number of hydrogen-bond donors (Lipinski definition) is 0. The van der Waals surface area contributed by atoms with Gasteiger partial charge in [-0.3, -0.25) is 19.9 Å². The molecule has 1 unspecified atom stereocenters. The molecule has 6 aromatic carbocycles. The van der Waals surface area contributed by atoms with E-state index in [2.05, 4.69) is 182 Å². The van der Waals surface area contributed by atoms with Gasteiger partial charge in [-0.1, -0.05) is 160 Å². The number of aryl methyl sites for hydroxylation is 4. The Morgan fingerprint density at radius 1 is 0.333 bits per heavy atom. The molecule has 0 saturated heterocycles. The molecule has 0 spiro atoms. The summed E-state index contributed by atoms with van der Waals surface area (Å²) in [7, 11) is 2.45. The van der Waals surface area contributed by atoms with Crippen molar-refractivity contribution >= 4 is 59.7 Å². The van der Waals surface area contributed by atoms with Crippen LogP contribution in [0, 0.1) is 27.7 Å². The van der Waals surface area contributed by atoms with Crippen molar-refractivity contribution in [2.24, 2.45) is 0 Å². The molecule has 0 bridgehead atoms. The fraction of sp³-hybridized carbons (Fsp3) is 0.111. The minimum Gasteiger partial charge on any atom is -0.251 e. The average Bonchev–Trinajstić information content (AvgIpc) is 3.27. The number of nitrogens with zero attached hydrogens (tertiary/aromatic N) is 4. The molecule has 4 heterocycles. The molecule has 1 radical (unpaired) electrons. The second-order valence-electron chi connectivity index (χ2n) is 14.8. The molecule has 4 aromatic heterocycles. The van der Waals surface area contributed by atoms with Gasteiger partial charge in [-0.25, -0.2) is 0 Å². The van der Waals surface area contributed by atoms with Crippen molar-refractivity contribution < 1.29 is 0 Å². The van der Waals surface area contributed by atoms with Crippen molar-refractivity contribution in [3.63, 3.8) is 0 Å². The molecule has 293 valence electrons. The van der Waals surface area contributed by atoms with Gasteiger partial charge in [-0.15, -0.1) is 0 Å². The third-order valence-corrected chi connectivity index (χ3v) is 10.4. The maximum atomic E-state index is 4.90. The van der Waals surface area contributed by atoms with E-state index in [1.54, 1.807) is 0 Å². The number of fused-ring (bicyclic) bond motifs is 6. The molecule has 0 aliphatic carbocycles. The standard InChI is InChI=1S/2C26H20N2.CH5BP.CH4/c2*1-17-15-23(19-9-5-3-6-10-19)21-13-14-22-24(20-11-7-4-8-12-20)16-18(2)28-26(22)25(21)27-17;1-2-3;/h2*3-16H,1-2H3;3H2,1H3;1H4. The first-order valence-corrected chi connectivity index (χ1v) is 20.6. The number of aromatic nitrogens is 4. The fourth-order valence-electron chi connectivity index (χ4n) is 7.89. The lowest BCUT2D eigenvalue weighted by molar-refractivity contribution is 1.23. The minimum atomic E-state index is 0. The van der Waals surface area contributed by atoms with E-state index in [1.165, 1.54) is 44.5 Å². The third kappa shape index (κ3) is 8.59. The number of pyridine rings is 4. The molecule has 6 heteroatoms. The van der Waals surface area contributed by atoms with E-state index in [0.29, 0.717) is 0 Å². The molecule has 10 aromatic rings. The van der Waals surface area contributed by atoms with Crippen molar-refractivity contribution in [2.45, 2.75) is 41.9 Å². The molecule has 0 amide bonds. The summed E-state index contributed by atoms with van der Waals surface area (Å²) in [5.41, 5.74) is 17.5. The lowest BCUT2D eigenvalue weighted by Crippen LogP contribution is -1.94. The lowest BCUT2D eigenvalue weighted by Gasteiger charge is -2.13. The fourth-order valence-corrected chi connectivity index (χ4v) is 7.89. The Bertz CT molecular complexity index is 2650. The zero-order valence-corrected chi connectivity index (χ0v) is 35.3. The van der Waals surface area contributed by atoms with Crippen LogP contribution in [0.25, 0.3) is 88.1 Å². The highest BCUT2D eigenvalue weighted by molar-refractivity contribution is 7.55. The van der Waals surface area contributed by atoms with Gasteiger partial charge in [0.2, 0.25) is 0 Å². The molecule has 0 N–H and O–H groups in total. The predicted octanol–water partition coefficient (Wildman–Crippen LogP) is 14.6. The van der Waals surface area contributed by atoms with Crippen molar-refractivity contribution in [2.75, 3.05) is 0 Å². The van der Waals surface area contributed by atoms with E-state index < -0.39 is 0 Å². The van der Waals surface area contributed by atoms with Crippen molar-refractivity contribution in [3.05, 3.63) is 193 Å². The maximum Gasteiger partial charge on any atom is 0.134 e. The summed E-state index contributed by atoms with van der Waals surface area (Å²) in [5, 5.41) is 4.56. The first kappa shape index (κ1) is 41.6. The molecule has 0 aliphatic heterocycles. The first-order valence-electron chi connectivity index (χ1n) is 20.0. The Balaban J connectivity index is 0.000000168. The van der Waals surface area contributed by atoms with E-state index in [4.69, 9.17) is 19.9 Å². The quantitative estimate of drug-likeness (QED) is 0.101. The van der Waals surface area contributed by atoms with Gasteiger partial charge in [0.25, 0.3) is 0 Å². The monoisotopic (exact) mass is 795 g/mol. The Labute approximate surface area is 357 Å². The van der Waals surface area contributed by atoms with Gasteiger partial charge in [-0.05, 0) is 96.5 Å². The van der Waals surface area contributed by atoms with E-state index in [-0.39, 0.29) is 7.43 Å². The molecule has 0 aliphatic rings. The van der Waals surface area contributed by atoms with Crippen LogP contribution >= 0.6 is 9.12 Å². The lowest BCUT2D eigenvalue weighted by atomic mass is 9.95. The van der Waals surface area contributed by atoms with E-state index >= 15 is 0 Å². The topological polar surface area (TPSA) is 51.6 Å². The van der Waals surface area contributed by atoms with Gasteiger partial charge in [-0.2, -0.15) is 9.12 Å². The highest BCUT2D eigenvalue weighted by atomic mass is 31.0. The van der Waals surface area contributed by atoms with Crippen LogP contribution in [0.1, 0.15) is 30.2 Å². The molecule has 60 heavy (non-hydrogen) atoms. The van der Waals surface area contributed by atoms with Gasteiger partial charge in [0.05, 0.1) is 22.1 Å². The summed E-state index contributed by atoms with van der Waals surface area (Å²) in [6.45, 7) is 12.1. The van der Waals surface area contributed by atoms with Crippen molar-refractivity contribution in [1.82, 2.24) is 19.9 Å². The molecule has 10 rings (SSSR count). The van der Waals surface area contributed by atoms with Crippen molar-refractivity contribution in [3.8, 4) is 44.5 Å². The highest BCUT2D eigenvalue weighted by Gasteiger charge is 2.16. The molecule has 4 nitrogen and oxygen atoms in total. The van der Waals surface area contributed by atoms with Gasteiger partial charge in [0.1, 0.15) is 7.00 Å². The first-order chi connectivity index (χ1) is 28.8. The highest BCUT2D eigenvalue weighted by Crippen LogP contribution is 2.38. The Morgan fingerprint density at radius 3 is 0.700 bits per heavy atom. The smallest absolute Gasteiger partial charge is 0.134 e. The number of rotatable bonds is 4. The normalized spacial score (nSPS) is 10.7. The Kier molecular flexibility index (Phi) is 12.9. The molecular formula is C54H49BN4P. The number of hydrogen-bond acceptors (Lipinski definition) is 4. The largest absolute Gasteiger partial charge is 0.251 e. The summed E-state index contributed by atoms with van der Waals surface area (Å²) in [6, 6.07) is 59.4. The number of benzene rings is 6. The Morgan fingerprint density at radius 2 is 0.517 bits per heavy atom. The van der Waals surface area contributed by atoms with E-state index in [0.717, 1.165) is 66.4 Å². The Hall–Kier alpha value is -6.55. The van der Waals surface area contributed by atoms with Crippen LogP contribution in [0.5, 0.6) is 0 Å². The predicted molar refractivity (Wildman–Crippen MR) is 263 cm³/mol. The van der Waals surface area contributed by atoms with E-state index in [9.17, 15) is 0 Å². The van der Waals surface area contributed by atoms with Crippen LogP contribution < -0.4 is 0 Å². The summed E-state index contributed by atoms with van der Waals surface area (Å²) in [4.78, 5) is 19.6. The molecule has 0 saturated carbocycles. The van der Waals surface area contributed by atoms with Crippen LogP contribution in [-0.4, -0.2) is 26.9 Å². The summed E-state index contributed by atoms with van der Waals surface area (Å²) in [6.07, 6.45) is 0. The third-order valence-electron chi connectivity index (χ3n) is 10.4.